The molecule has 3 aromatic carbocycles. The Morgan fingerprint density at radius 1 is 1.13 bits per heavy atom. The molecule has 3 heterocycles. The zero-order valence-corrected chi connectivity index (χ0v) is 25.5. The molecule has 45 heavy (non-hydrogen) atoms. The van der Waals surface area contributed by atoms with E-state index in [2.05, 4.69) is 11.6 Å². The number of carbonyl (C=O) groups is 3. The second-order valence-corrected chi connectivity index (χ2v) is 11.7. The predicted octanol–water partition coefficient (Wildman–Crippen LogP) is 6.32. The molecule has 0 aliphatic carbocycles. The number of rotatable bonds is 9. The number of hydrogen-bond acceptors (Lipinski definition) is 9. The van der Waals surface area contributed by atoms with Crippen LogP contribution < -0.4 is 14.4 Å². The van der Waals surface area contributed by atoms with Crippen LogP contribution in [0.15, 0.2) is 91.0 Å². The Labute approximate surface area is 264 Å². The molecule has 0 bridgehead atoms. The van der Waals surface area contributed by atoms with E-state index in [4.69, 9.17) is 14.2 Å². The molecular formula is C35H30N2O7S. The molecule has 2 aliphatic rings. The molecule has 2 aliphatic heterocycles. The van der Waals surface area contributed by atoms with Gasteiger partial charge >= 0.3 is 11.9 Å². The first-order valence-corrected chi connectivity index (χ1v) is 15.2. The molecule has 2 atom stereocenters. The third kappa shape index (κ3) is 5.84. The highest BCUT2D eigenvalue weighted by molar-refractivity contribution is 7.17. The number of aliphatic hydroxyl groups excluding tert-OH is 1. The first-order valence-electron chi connectivity index (χ1n) is 14.4. The summed E-state index contributed by atoms with van der Waals surface area (Å²) in [6, 6.07) is 20.8. The van der Waals surface area contributed by atoms with E-state index >= 15 is 0 Å². The van der Waals surface area contributed by atoms with E-state index in [0.717, 1.165) is 22.5 Å². The number of carbonyl (C=O) groups excluding carboxylic acids is 3. The summed E-state index contributed by atoms with van der Waals surface area (Å²) in [5.74, 6) is -1.46. The average Bonchev–Trinajstić information content (AvgIpc) is 3.70. The van der Waals surface area contributed by atoms with Crippen molar-refractivity contribution in [1.29, 1.82) is 0 Å². The van der Waals surface area contributed by atoms with Crippen LogP contribution in [0.25, 0.3) is 5.76 Å². The summed E-state index contributed by atoms with van der Waals surface area (Å²) >= 11 is 0.938. The number of fused-ring (bicyclic) bond motifs is 1. The number of hydrogen-bond donors (Lipinski definition) is 1. The number of thiazole rings is 1. The summed E-state index contributed by atoms with van der Waals surface area (Å²) in [5.41, 5.74) is 3.01. The summed E-state index contributed by atoms with van der Waals surface area (Å²) in [7, 11) is 0. The number of aromatic nitrogens is 1. The third-order valence-electron chi connectivity index (χ3n) is 7.55. The number of amides is 1. The Hall–Kier alpha value is -5.22. The third-order valence-corrected chi connectivity index (χ3v) is 8.68. The van der Waals surface area contributed by atoms with Gasteiger partial charge in [-0.2, -0.15) is 0 Å². The first kappa shape index (κ1) is 29.8. The van der Waals surface area contributed by atoms with Crippen molar-refractivity contribution in [3.05, 3.63) is 124 Å². The monoisotopic (exact) mass is 622 g/mol. The fourth-order valence-corrected chi connectivity index (χ4v) is 6.45. The molecule has 1 fully saturated rings. The van der Waals surface area contributed by atoms with Gasteiger partial charge in [-0.1, -0.05) is 66.5 Å². The van der Waals surface area contributed by atoms with Crippen molar-refractivity contribution in [1.82, 2.24) is 4.98 Å². The number of benzene rings is 3. The van der Waals surface area contributed by atoms with Gasteiger partial charge in [0.25, 0.3) is 5.78 Å². The predicted molar refractivity (Wildman–Crippen MR) is 170 cm³/mol. The highest BCUT2D eigenvalue weighted by Crippen LogP contribution is 2.45. The zero-order valence-electron chi connectivity index (χ0n) is 24.7. The van der Waals surface area contributed by atoms with Crippen molar-refractivity contribution in [2.75, 3.05) is 11.5 Å². The van der Waals surface area contributed by atoms with Gasteiger partial charge in [0, 0.05) is 12.0 Å². The molecule has 6 rings (SSSR count). The van der Waals surface area contributed by atoms with E-state index < -0.39 is 23.7 Å². The number of ketones is 1. The zero-order chi connectivity index (χ0) is 31.7. The maximum Gasteiger partial charge on any atom is 0.350 e. The van der Waals surface area contributed by atoms with Crippen molar-refractivity contribution in [2.24, 2.45) is 0 Å². The average molecular weight is 623 g/mol. The molecule has 2 unspecified atom stereocenters. The lowest BCUT2D eigenvalue weighted by Crippen LogP contribution is -2.29. The lowest BCUT2D eigenvalue weighted by Gasteiger charge is -2.23. The molecular weight excluding hydrogens is 592 g/mol. The van der Waals surface area contributed by atoms with E-state index in [1.165, 1.54) is 11.0 Å². The molecule has 9 nitrogen and oxygen atoms in total. The van der Waals surface area contributed by atoms with Crippen LogP contribution in [0.3, 0.4) is 0 Å². The summed E-state index contributed by atoms with van der Waals surface area (Å²) in [5, 5.41) is 11.8. The second-order valence-electron chi connectivity index (χ2n) is 10.8. The maximum absolute atomic E-state index is 13.7. The molecule has 10 heteroatoms. The quantitative estimate of drug-likeness (QED) is 0.0758. The summed E-state index contributed by atoms with van der Waals surface area (Å²) in [4.78, 5) is 46.1. The molecule has 4 aromatic rings. The number of esters is 1. The van der Waals surface area contributed by atoms with Crippen molar-refractivity contribution in [3.63, 3.8) is 0 Å². The molecule has 1 aromatic heterocycles. The van der Waals surface area contributed by atoms with Crippen LogP contribution >= 0.6 is 11.3 Å². The fourth-order valence-electron chi connectivity index (χ4n) is 5.46. The van der Waals surface area contributed by atoms with Gasteiger partial charge in [-0.05, 0) is 60.9 Å². The normalized spacial score (nSPS) is 18.4. The second kappa shape index (κ2) is 12.4. The lowest BCUT2D eigenvalue weighted by atomic mass is 9.94. The SMILES string of the molecule is C=CCOC(=O)c1sc(N2C(=O)C(=O)/C(=C(\O)c3ccc4c(c3)CC(C)O4)C2c2cccc(OCc3ccccc3)c2)nc1C. The Bertz CT molecular complexity index is 1850. The smallest absolute Gasteiger partial charge is 0.350 e. The van der Waals surface area contributed by atoms with Gasteiger partial charge in [0.1, 0.15) is 41.5 Å². The van der Waals surface area contributed by atoms with E-state index in [0.29, 0.717) is 41.3 Å². The molecule has 0 spiro atoms. The van der Waals surface area contributed by atoms with Crippen molar-refractivity contribution in [2.45, 2.75) is 39.0 Å². The van der Waals surface area contributed by atoms with Crippen LogP contribution in [-0.2, 0) is 27.4 Å². The molecule has 0 saturated carbocycles. The molecule has 0 radical (unpaired) electrons. The van der Waals surface area contributed by atoms with Gasteiger partial charge in [0.2, 0.25) is 0 Å². The number of nitrogens with zero attached hydrogens (tertiary/aromatic N) is 2. The van der Waals surface area contributed by atoms with Crippen LogP contribution in [0, 0.1) is 6.92 Å². The maximum atomic E-state index is 13.7. The van der Waals surface area contributed by atoms with E-state index in [9.17, 15) is 19.5 Å². The van der Waals surface area contributed by atoms with Crippen LogP contribution in [0.4, 0.5) is 5.13 Å². The van der Waals surface area contributed by atoms with Gasteiger partial charge in [-0.25, -0.2) is 9.78 Å². The summed E-state index contributed by atoms with van der Waals surface area (Å²) in [6.45, 7) is 7.46. The van der Waals surface area contributed by atoms with Gasteiger partial charge in [0.05, 0.1) is 17.3 Å². The van der Waals surface area contributed by atoms with Gasteiger partial charge in [0.15, 0.2) is 5.13 Å². The Kier molecular flexibility index (Phi) is 8.23. The number of ether oxygens (including phenoxy) is 3. The van der Waals surface area contributed by atoms with Gasteiger partial charge < -0.3 is 19.3 Å². The van der Waals surface area contributed by atoms with E-state index in [1.807, 2.05) is 37.3 Å². The highest BCUT2D eigenvalue weighted by atomic mass is 32.1. The summed E-state index contributed by atoms with van der Waals surface area (Å²) < 4.78 is 17.1. The molecule has 1 amide bonds. The Balaban J connectivity index is 1.44. The van der Waals surface area contributed by atoms with Crippen LogP contribution in [-0.4, -0.2) is 40.5 Å². The minimum atomic E-state index is -1.06. The van der Waals surface area contributed by atoms with Gasteiger partial charge in [-0.3, -0.25) is 14.5 Å². The van der Waals surface area contributed by atoms with Gasteiger partial charge in [-0.15, -0.1) is 0 Å². The lowest BCUT2D eigenvalue weighted by molar-refractivity contribution is -0.132. The van der Waals surface area contributed by atoms with Crippen molar-refractivity contribution in [3.8, 4) is 11.5 Å². The Morgan fingerprint density at radius 2 is 1.93 bits per heavy atom. The number of anilines is 1. The minimum Gasteiger partial charge on any atom is -0.507 e. The summed E-state index contributed by atoms with van der Waals surface area (Å²) in [6.07, 6.45) is 2.09. The highest BCUT2D eigenvalue weighted by Gasteiger charge is 2.48. The van der Waals surface area contributed by atoms with Crippen LogP contribution in [0.5, 0.6) is 11.5 Å². The standard InChI is InChI=1S/C35H30N2O7S/c1-4-15-42-34(41)32-21(3)36-35(45-32)37-29(23-11-8-12-26(18-23)43-19-22-9-6-5-7-10-22)28(31(39)33(37)40)30(38)24-13-14-27-25(17-24)16-20(2)44-27/h4-14,17-18,20,29,38H,1,15-16,19H2,2-3H3/b30-28-. The van der Waals surface area contributed by atoms with E-state index in [-0.39, 0.29) is 34.1 Å². The largest absolute Gasteiger partial charge is 0.507 e. The van der Waals surface area contributed by atoms with Crippen molar-refractivity contribution >= 4 is 39.9 Å². The number of Topliss-reactive ketones (excluding diaryl/α,β-unsaturated/α-hetero) is 1. The fraction of sp³-hybridized carbons (Fsp3) is 0.200. The molecule has 228 valence electrons. The molecule has 1 N–H and O–H groups in total. The first-order chi connectivity index (χ1) is 21.7. The minimum absolute atomic E-state index is 0.0103. The number of aryl methyl sites for hydroxylation is 1. The molecule has 1 saturated heterocycles. The van der Waals surface area contributed by atoms with Crippen molar-refractivity contribution < 1.29 is 33.7 Å². The number of aliphatic hydroxyl groups is 1. The van der Waals surface area contributed by atoms with Crippen LogP contribution in [0.2, 0.25) is 0 Å². The topological polar surface area (TPSA) is 115 Å². The Morgan fingerprint density at radius 3 is 2.71 bits per heavy atom. The van der Waals surface area contributed by atoms with E-state index in [1.54, 1.807) is 49.4 Å². The van der Waals surface area contributed by atoms with Crippen LogP contribution in [0.1, 0.15) is 50.6 Å².